The van der Waals surface area contributed by atoms with E-state index in [1.807, 2.05) is 18.2 Å². The predicted molar refractivity (Wildman–Crippen MR) is 74.7 cm³/mol. The lowest BCUT2D eigenvalue weighted by atomic mass is 10.0. The van der Waals surface area contributed by atoms with E-state index in [0.29, 0.717) is 23.8 Å². The smallest absolute Gasteiger partial charge is 0.198 e. The lowest BCUT2D eigenvalue weighted by molar-refractivity contribution is 0.0497. The highest BCUT2D eigenvalue weighted by Crippen LogP contribution is 2.20. The molecule has 7 heteroatoms. The van der Waals surface area contributed by atoms with Crippen LogP contribution in [0.25, 0.3) is 0 Å². The standard InChI is InChI=1S/C13H15NO2.H3NO2S/c14-9-12-3-1-2-4-13(12)16-10-11-5-7-15-8-6-11;1-4(2)3/h1-4,11H,5-8,10H2;4H,(H2,1,2,3). The Morgan fingerprint density at radius 3 is 2.55 bits per heavy atom. The molecule has 0 saturated carbocycles. The first-order valence-electron chi connectivity index (χ1n) is 6.22. The third-order valence-corrected chi connectivity index (χ3v) is 2.82. The minimum atomic E-state index is -2.62. The minimum Gasteiger partial charge on any atom is -0.492 e. The topological polar surface area (TPSA) is 102 Å². The largest absolute Gasteiger partial charge is 0.492 e. The van der Waals surface area contributed by atoms with Gasteiger partial charge in [0.15, 0.2) is 10.9 Å². The molecule has 0 aliphatic carbocycles. The second-order valence-electron chi connectivity index (χ2n) is 4.26. The van der Waals surface area contributed by atoms with Crippen molar-refractivity contribution < 1.29 is 17.9 Å². The Labute approximate surface area is 120 Å². The van der Waals surface area contributed by atoms with Crippen LogP contribution < -0.4 is 9.88 Å². The van der Waals surface area contributed by atoms with E-state index in [2.05, 4.69) is 11.2 Å². The van der Waals surface area contributed by atoms with Gasteiger partial charge in [0, 0.05) is 13.2 Å². The van der Waals surface area contributed by atoms with Crippen LogP contribution in [0.2, 0.25) is 0 Å². The van der Waals surface area contributed by atoms with Gasteiger partial charge in [-0.2, -0.15) is 5.26 Å². The van der Waals surface area contributed by atoms with Crippen LogP contribution in [-0.2, 0) is 15.6 Å². The molecule has 0 unspecified atom stereocenters. The highest BCUT2D eigenvalue weighted by Gasteiger charge is 2.14. The molecule has 0 bridgehead atoms. The Hall–Kier alpha value is -1.62. The number of benzene rings is 1. The van der Waals surface area contributed by atoms with Gasteiger partial charge >= 0.3 is 0 Å². The van der Waals surface area contributed by atoms with Crippen molar-refractivity contribution in [2.24, 2.45) is 11.1 Å². The summed E-state index contributed by atoms with van der Waals surface area (Å²) in [4.78, 5) is 0. The van der Waals surface area contributed by atoms with Gasteiger partial charge in [0.2, 0.25) is 0 Å². The maximum Gasteiger partial charge on any atom is 0.198 e. The molecular formula is C13H18N2O4S. The molecule has 1 aliphatic rings. The lowest BCUT2D eigenvalue weighted by Crippen LogP contribution is -2.21. The molecule has 2 N–H and O–H groups in total. The van der Waals surface area contributed by atoms with Gasteiger partial charge in [-0.15, -0.1) is 0 Å². The number of nitriles is 1. The predicted octanol–water partition coefficient (Wildman–Crippen LogP) is 0.835. The van der Waals surface area contributed by atoms with Gasteiger partial charge in [0.25, 0.3) is 0 Å². The van der Waals surface area contributed by atoms with E-state index in [-0.39, 0.29) is 0 Å². The molecule has 0 amide bonds. The highest BCUT2D eigenvalue weighted by molar-refractivity contribution is 7.69. The van der Waals surface area contributed by atoms with E-state index in [0.717, 1.165) is 26.1 Å². The molecule has 1 saturated heterocycles. The van der Waals surface area contributed by atoms with E-state index >= 15 is 0 Å². The average molecular weight is 298 g/mol. The highest BCUT2D eigenvalue weighted by atomic mass is 32.2. The molecule has 6 nitrogen and oxygen atoms in total. The summed E-state index contributed by atoms with van der Waals surface area (Å²) in [7, 11) is -2.62. The van der Waals surface area contributed by atoms with Crippen molar-refractivity contribution in [2.75, 3.05) is 19.8 Å². The van der Waals surface area contributed by atoms with Gasteiger partial charge in [-0.3, -0.25) is 0 Å². The monoisotopic (exact) mass is 298 g/mol. The minimum absolute atomic E-state index is 0.556. The van der Waals surface area contributed by atoms with Gasteiger partial charge in [0.05, 0.1) is 12.2 Å². The Morgan fingerprint density at radius 1 is 1.35 bits per heavy atom. The number of para-hydroxylation sites is 1. The van der Waals surface area contributed by atoms with Crippen LogP contribution in [0.15, 0.2) is 24.3 Å². The lowest BCUT2D eigenvalue weighted by Gasteiger charge is -2.22. The summed E-state index contributed by atoms with van der Waals surface area (Å²) >= 11 is 0. The SMILES string of the molecule is N#Cc1ccccc1OCC1CCOCC1.N[SH](=O)=O. The summed E-state index contributed by atoms with van der Waals surface area (Å²) in [6.45, 7) is 2.34. The molecule has 2 rings (SSSR count). The van der Waals surface area contributed by atoms with Crippen molar-refractivity contribution in [3.8, 4) is 11.8 Å². The molecule has 0 atom stereocenters. The molecule has 0 aromatic heterocycles. The van der Waals surface area contributed by atoms with Gasteiger partial charge < -0.3 is 9.47 Å². The first kappa shape index (κ1) is 16.4. The maximum atomic E-state index is 8.91. The summed E-state index contributed by atoms with van der Waals surface area (Å²) in [5.74, 6) is 1.25. The number of thiol groups is 1. The molecule has 1 aromatic rings. The van der Waals surface area contributed by atoms with Crippen LogP contribution in [-0.4, -0.2) is 28.2 Å². The second kappa shape index (κ2) is 9.31. The van der Waals surface area contributed by atoms with E-state index in [4.69, 9.17) is 23.2 Å². The van der Waals surface area contributed by atoms with Crippen LogP contribution in [0, 0.1) is 17.2 Å². The number of hydrogen-bond donors (Lipinski definition) is 2. The number of nitrogens with two attached hydrogens (primary N) is 1. The Morgan fingerprint density at radius 2 is 1.95 bits per heavy atom. The van der Waals surface area contributed by atoms with Gasteiger partial charge in [0.1, 0.15) is 11.8 Å². The fourth-order valence-corrected chi connectivity index (χ4v) is 1.81. The quantitative estimate of drug-likeness (QED) is 0.805. The van der Waals surface area contributed by atoms with E-state index in [9.17, 15) is 0 Å². The number of nitrogens with zero attached hydrogens (tertiary/aromatic N) is 1. The Kier molecular flexibility index (Phi) is 7.65. The zero-order valence-electron chi connectivity index (χ0n) is 11.0. The molecule has 20 heavy (non-hydrogen) atoms. The molecule has 110 valence electrons. The third kappa shape index (κ3) is 6.52. The van der Waals surface area contributed by atoms with Gasteiger partial charge in [-0.1, -0.05) is 12.1 Å². The molecular weight excluding hydrogens is 280 g/mol. The molecule has 1 aromatic carbocycles. The molecule has 1 heterocycles. The molecule has 1 aliphatic heterocycles. The van der Waals surface area contributed by atoms with Crippen molar-refractivity contribution >= 4 is 10.9 Å². The molecule has 0 radical (unpaired) electrons. The van der Waals surface area contributed by atoms with E-state index in [1.165, 1.54) is 0 Å². The number of rotatable bonds is 3. The fraction of sp³-hybridized carbons (Fsp3) is 0.462. The second-order valence-corrected chi connectivity index (χ2v) is 4.83. The molecule has 1 fully saturated rings. The van der Waals surface area contributed by atoms with Crippen LogP contribution in [0.5, 0.6) is 5.75 Å². The van der Waals surface area contributed by atoms with E-state index in [1.54, 1.807) is 6.07 Å². The van der Waals surface area contributed by atoms with Crippen LogP contribution in [0.3, 0.4) is 0 Å². The summed E-state index contributed by atoms with van der Waals surface area (Å²) in [5, 5.41) is 13.0. The first-order valence-corrected chi connectivity index (χ1v) is 7.47. The van der Waals surface area contributed by atoms with Crippen LogP contribution >= 0.6 is 0 Å². The summed E-state index contributed by atoms with van der Waals surface area (Å²) in [6.07, 6.45) is 2.10. The average Bonchev–Trinajstić information content (AvgIpc) is 2.46. The Bertz CT molecular complexity index is 511. The van der Waals surface area contributed by atoms with Gasteiger partial charge in [-0.05, 0) is 30.9 Å². The summed E-state index contributed by atoms with van der Waals surface area (Å²) in [6, 6.07) is 9.49. The summed E-state index contributed by atoms with van der Waals surface area (Å²) < 4.78 is 28.6. The normalized spacial score (nSPS) is 15.1. The van der Waals surface area contributed by atoms with Crippen molar-refractivity contribution in [3.05, 3.63) is 29.8 Å². The third-order valence-electron chi connectivity index (χ3n) is 2.82. The number of hydrogen-bond acceptors (Lipinski definition) is 5. The van der Waals surface area contributed by atoms with Gasteiger partial charge in [-0.25, -0.2) is 13.6 Å². The maximum absolute atomic E-state index is 8.91. The summed E-state index contributed by atoms with van der Waals surface area (Å²) in [5.41, 5.74) is 0.606. The Balaban J connectivity index is 0.000000444. The van der Waals surface area contributed by atoms with E-state index < -0.39 is 10.9 Å². The zero-order valence-corrected chi connectivity index (χ0v) is 11.9. The molecule has 0 spiro atoms. The van der Waals surface area contributed by atoms with Crippen LogP contribution in [0.1, 0.15) is 18.4 Å². The number of ether oxygens (including phenoxy) is 2. The van der Waals surface area contributed by atoms with Crippen molar-refractivity contribution in [3.63, 3.8) is 0 Å². The van der Waals surface area contributed by atoms with Crippen LogP contribution in [0.4, 0.5) is 0 Å². The van der Waals surface area contributed by atoms with Crippen molar-refractivity contribution in [1.29, 1.82) is 5.26 Å². The first-order chi connectivity index (χ1) is 9.63. The zero-order chi connectivity index (χ0) is 14.8. The van der Waals surface area contributed by atoms with Crippen molar-refractivity contribution in [1.82, 2.24) is 0 Å². The fourth-order valence-electron chi connectivity index (χ4n) is 1.81. The van der Waals surface area contributed by atoms with Crippen molar-refractivity contribution in [2.45, 2.75) is 12.8 Å².